The lowest BCUT2D eigenvalue weighted by atomic mass is 10.2. The van der Waals surface area contributed by atoms with Crippen LogP contribution in [0.25, 0.3) is 0 Å². The Bertz CT molecular complexity index is 934. The lowest BCUT2D eigenvalue weighted by molar-refractivity contribution is 0.354. The lowest BCUT2D eigenvalue weighted by Crippen LogP contribution is -2.05. The standard InChI is InChI=1S/C20H21ClN4O2/c1-13-15(21)5-4-6-16(13)24-19-9-10-22-20(25-19)23-12-14-7-8-17(26-2)18(11-14)27-3/h4-11H,12H2,1-3H3,(H2,22,23,24,25). The van der Waals surface area contributed by atoms with E-state index in [4.69, 9.17) is 21.1 Å². The highest BCUT2D eigenvalue weighted by Gasteiger charge is 2.07. The van der Waals surface area contributed by atoms with Gasteiger partial charge in [0.25, 0.3) is 0 Å². The maximum atomic E-state index is 6.17. The Morgan fingerprint density at radius 2 is 1.85 bits per heavy atom. The second-order valence-corrected chi connectivity index (χ2v) is 6.25. The Kier molecular flexibility index (Phi) is 5.98. The van der Waals surface area contributed by atoms with E-state index in [9.17, 15) is 0 Å². The van der Waals surface area contributed by atoms with Crippen molar-refractivity contribution in [2.45, 2.75) is 13.5 Å². The van der Waals surface area contributed by atoms with E-state index in [-0.39, 0.29) is 0 Å². The second-order valence-electron chi connectivity index (χ2n) is 5.85. The summed E-state index contributed by atoms with van der Waals surface area (Å²) in [6.07, 6.45) is 1.70. The van der Waals surface area contributed by atoms with Crippen molar-refractivity contribution in [2.24, 2.45) is 0 Å². The molecule has 0 unspecified atom stereocenters. The molecular formula is C20H21ClN4O2. The fourth-order valence-corrected chi connectivity index (χ4v) is 2.74. The van der Waals surface area contributed by atoms with Gasteiger partial charge in [0, 0.05) is 23.5 Å². The van der Waals surface area contributed by atoms with Crippen LogP contribution in [0.4, 0.5) is 17.5 Å². The average Bonchev–Trinajstić information content (AvgIpc) is 2.70. The van der Waals surface area contributed by atoms with Crippen LogP contribution in [0, 0.1) is 6.92 Å². The lowest BCUT2D eigenvalue weighted by Gasteiger charge is -2.12. The molecule has 0 radical (unpaired) electrons. The molecule has 2 N–H and O–H groups in total. The minimum atomic E-state index is 0.523. The van der Waals surface area contributed by atoms with Gasteiger partial charge < -0.3 is 20.1 Å². The van der Waals surface area contributed by atoms with E-state index < -0.39 is 0 Å². The predicted octanol–water partition coefficient (Wildman–Crippen LogP) is 4.81. The molecule has 27 heavy (non-hydrogen) atoms. The Morgan fingerprint density at radius 3 is 2.63 bits per heavy atom. The van der Waals surface area contributed by atoms with Gasteiger partial charge in [-0.3, -0.25) is 0 Å². The van der Waals surface area contributed by atoms with E-state index in [2.05, 4.69) is 20.6 Å². The summed E-state index contributed by atoms with van der Waals surface area (Å²) in [5.74, 6) is 2.59. The molecule has 0 amide bonds. The van der Waals surface area contributed by atoms with Crippen molar-refractivity contribution in [3.05, 3.63) is 64.8 Å². The molecule has 0 fully saturated rings. The van der Waals surface area contributed by atoms with E-state index in [1.165, 1.54) is 0 Å². The maximum Gasteiger partial charge on any atom is 0.224 e. The molecule has 1 aromatic heterocycles. The molecule has 0 atom stereocenters. The Morgan fingerprint density at radius 1 is 1.04 bits per heavy atom. The molecular weight excluding hydrogens is 364 g/mol. The van der Waals surface area contributed by atoms with Gasteiger partial charge in [0.05, 0.1) is 14.2 Å². The van der Waals surface area contributed by atoms with Crippen LogP contribution in [-0.4, -0.2) is 24.2 Å². The normalized spacial score (nSPS) is 10.4. The van der Waals surface area contributed by atoms with Crippen molar-refractivity contribution in [1.29, 1.82) is 0 Å². The topological polar surface area (TPSA) is 68.3 Å². The van der Waals surface area contributed by atoms with Crippen LogP contribution < -0.4 is 20.1 Å². The van der Waals surface area contributed by atoms with Crippen molar-refractivity contribution < 1.29 is 9.47 Å². The number of hydrogen-bond donors (Lipinski definition) is 2. The number of benzene rings is 2. The number of nitrogens with one attached hydrogen (secondary N) is 2. The van der Waals surface area contributed by atoms with Crippen LogP contribution >= 0.6 is 11.6 Å². The molecule has 0 aliphatic carbocycles. The fourth-order valence-electron chi connectivity index (χ4n) is 2.57. The van der Waals surface area contributed by atoms with E-state index in [1.54, 1.807) is 20.4 Å². The zero-order valence-corrected chi connectivity index (χ0v) is 16.2. The monoisotopic (exact) mass is 384 g/mol. The van der Waals surface area contributed by atoms with Crippen molar-refractivity contribution in [2.75, 3.05) is 24.9 Å². The summed E-state index contributed by atoms with van der Waals surface area (Å²) >= 11 is 6.17. The number of anilines is 3. The summed E-state index contributed by atoms with van der Waals surface area (Å²) in [5.41, 5.74) is 2.91. The first-order chi connectivity index (χ1) is 13.1. The summed E-state index contributed by atoms with van der Waals surface area (Å²) in [7, 11) is 3.23. The van der Waals surface area contributed by atoms with Crippen molar-refractivity contribution in [3.8, 4) is 11.5 Å². The average molecular weight is 385 g/mol. The molecule has 140 valence electrons. The quantitative estimate of drug-likeness (QED) is 0.609. The highest BCUT2D eigenvalue weighted by molar-refractivity contribution is 6.31. The number of rotatable bonds is 7. The molecule has 6 nitrogen and oxygen atoms in total. The molecule has 0 bridgehead atoms. The van der Waals surface area contributed by atoms with Gasteiger partial charge in [0.2, 0.25) is 5.95 Å². The summed E-state index contributed by atoms with van der Waals surface area (Å²) in [5, 5.41) is 7.20. The van der Waals surface area contributed by atoms with Gasteiger partial charge >= 0.3 is 0 Å². The Balaban J connectivity index is 1.70. The van der Waals surface area contributed by atoms with Crippen LogP contribution in [0.3, 0.4) is 0 Å². The summed E-state index contributed by atoms with van der Waals surface area (Å²) in [4.78, 5) is 8.77. The van der Waals surface area contributed by atoms with E-state index in [0.29, 0.717) is 34.8 Å². The van der Waals surface area contributed by atoms with Crippen LogP contribution in [0.5, 0.6) is 11.5 Å². The van der Waals surface area contributed by atoms with Crippen LogP contribution in [0.1, 0.15) is 11.1 Å². The smallest absolute Gasteiger partial charge is 0.224 e. The second kappa shape index (κ2) is 8.60. The van der Waals surface area contributed by atoms with E-state index >= 15 is 0 Å². The van der Waals surface area contributed by atoms with Crippen LogP contribution in [0.15, 0.2) is 48.7 Å². The maximum absolute atomic E-state index is 6.17. The number of halogens is 1. The number of ether oxygens (including phenoxy) is 2. The number of aromatic nitrogens is 2. The van der Waals surface area contributed by atoms with Gasteiger partial charge in [-0.1, -0.05) is 23.7 Å². The minimum absolute atomic E-state index is 0.523. The number of hydrogen-bond acceptors (Lipinski definition) is 6. The van der Waals surface area contributed by atoms with Crippen LogP contribution in [-0.2, 0) is 6.54 Å². The van der Waals surface area contributed by atoms with Gasteiger partial charge in [-0.15, -0.1) is 0 Å². The van der Waals surface area contributed by atoms with Crippen LogP contribution in [0.2, 0.25) is 5.02 Å². The third-order valence-electron chi connectivity index (χ3n) is 4.08. The third-order valence-corrected chi connectivity index (χ3v) is 4.49. The van der Waals surface area contributed by atoms with Gasteiger partial charge in [0.1, 0.15) is 5.82 Å². The highest BCUT2D eigenvalue weighted by Crippen LogP contribution is 2.28. The number of nitrogens with zero attached hydrogens (tertiary/aromatic N) is 2. The zero-order valence-electron chi connectivity index (χ0n) is 15.4. The fraction of sp³-hybridized carbons (Fsp3) is 0.200. The Labute approximate surface area is 163 Å². The molecule has 0 saturated carbocycles. The van der Waals surface area contributed by atoms with E-state index in [1.807, 2.05) is 49.4 Å². The molecule has 0 spiro atoms. The third kappa shape index (κ3) is 4.60. The molecule has 7 heteroatoms. The summed E-state index contributed by atoms with van der Waals surface area (Å²) < 4.78 is 10.6. The molecule has 3 aromatic rings. The number of methoxy groups -OCH3 is 2. The van der Waals surface area contributed by atoms with Crippen molar-refractivity contribution in [3.63, 3.8) is 0 Å². The summed E-state index contributed by atoms with van der Waals surface area (Å²) in [6, 6.07) is 13.3. The molecule has 1 heterocycles. The van der Waals surface area contributed by atoms with E-state index in [0.717, 1.165) is 16.8 Å². The molecule has 3 rings (SSSR count). The van der Waals surface area contributed by atoms with Gasteiger partial charge in [0.15, 0.2) is 11.5 Å². The SMILES string of the molecule is COc1ccc(CNc2nccc(Nc3cccc(Cl)c3C)n2)cc1OC. The first kappa shape index (κ1) is 18.8. The first-order valence-electron chi connectivity index (χ1n) is 8.40. The highest BCUT2D eigenvalue weighted by atomic mass is 35.5. The zero-order chi connectivity index (χ0) is 19.2. The Hall–Kier alpha value is -2.99. The van der Waals surface area contributed by atoms with Crippen molar-refractivity contribution in [1.82, 2.24) is 9.97 Å². The van der Waals surface area contributed by atoms with Gasteiger partial charge in [-0.25, -0.2) is 4.98 Å². The van der Waals surface area contributed by atoms with Crippen molar-refractivity contribution >= 4 is 29.1 Å². The minimum Gasteiger partial charge on any atom is -0.493 e. The summed E-state index contributed by atoms with van der Waals surface area (Å²) in [6.45, 7) is 2.52. The molecule has 0 aliphatic heterocycles. The first-order valence-corrected chi connectivity index (χ1v) is 8.78. The largest absolute Gasteiger partial charge is 0.493 e. The molecule has 0 aliphatic rings. The molecule has 0 saturated heterocycles. The van der Waals surface area contributed by atoms with Gasteiger partial charge in [-0.05, 0) is 48.4 Å². The van der Waals surface area contributed by atoms with Gasteiger partial charge in [-0.2, -0.15) is 4.98 Å². The predicted molar refractivity (Wildman–Crippen MR) is 108 cm³/mol. The molecule has 2 aromatic carbocycles.